The molecule has 0 bridgehead atoms. The Hall–Kier alpha value is -2.31. The highest BCUT2D eigenvalue weighted by Gasteiger charge is 2.29. The second-order valence-electron chi connectivity index (χ2n) is 4.90. The number of aromatic nitrogens is 1. The molecule has 0 spiro atoms. The topological polar surface area (TPSA) is 55.1 Å². The lowest BCUT2D eigenvalue weighted by atomic mass is 10.1. The first-order valence-electron chi connectivity index (χ1n) is 6.66. The van der Waals surface area contributed by atoms with Crippen LogP contribution in [0.15, 0.2) is 28.8 Å². The highest BCUT2D eigenvalue weighted by atomic mass is 19.4. The van der Waals surface area contributed by atoms with E-state index in [4.69, 9.17) is 4.52 Å². The molecule has 4 nitrogen and oxygen atoms in total. The Kier molecular flexibility index (Phi) is 4.54. The molecule has 2 aromatic rings. The van der Waals surface area contributed by atoms with E-state index in [-0.39, 0.29) is 5.91 Å². The molecule has 1 aromatic carbocycles. The number of nitrogens with zero attached hydrogens (tertiary/aromatic N) is 1. The van der Waals surface area contributed by atoms with Gasteiger partial charge in [-0.05, 0) is 38.0 Å². The molecule has 0 aliphatic rings. The quantitative estimate of drug-likeness (QED) is 0.942. The summed E-state index contributed by atoms with van der Waals surface area (Å²) in [5.74, 6) is 0.132. The molecule has 1 N–H and O–H groups in total. The van der Waals surface area contributed by atoms with Crippen molar-refractivity contribution in [1.82, 2.24) is 10.5 Å². The molecule has 0 saturated carbocycles. The fourth-order valence-electron chi connectivity index (χ4n) is 2.08. The number of halogens is 3. The van der Waals surface area contributed by atoms with Crippen LogP contribution < -0.4 is 5.32 Å². The van der Waals surface area contributed by atoms with Crippen molar-refractivity contribution in [3.05, 3.63) is 52.4 Å². The van der Waals surface area contributed by atoms with Crippen molar-refractivity contribution in [3.63, 3.8) is 0 Å². The van der Waals surface area contributed by atoms with Gasteiger partial charge in [-0.25, -0.2) is 0 Å². The minimum atomic E-state index is -4.34. The Morgan fingerprint density at radius 1 is 1.23 bits per heavy atom. The van der Waals surface area contributed by atoms with Crippen molar-refractivity contribution in [1.29, 1.82) is 0 Å². The summed E-state index contributed by atoms with van der Waals surface area (Å²) < 4.78 is 42.2. The molecular formula is C15H15F3N2O2. The number of benzene rings is 1. The third kappa shape index (κ3) is 3.66. The molecule has 22 heavy (non-hydrogen) atoms. The van der Waals surface area contributed by atoms with Crippen molar-refractivity contribution in [2.45, 2.75) is 26.4 Å². The van der Waals surface area contributed by atoms with E-state index in [0.717, 1.165) is 12.1 Å². The minimum Gasteiger partial charge on any atom is -0.361 e. The Balaban J connectivity index is 1.90. The maximum atomic E-state index is 12.4. The van der Waals surface area contributed by atoms with Gasteiger partial charge in [-0.2, -0.15) is 13.2 Å². The van der Waals surface area contributed by atoms with Crippen LogP contribution in [0.5, 0.6) is 0 Å². The lowest BCUT2D eigenvalue weighted by molar-refractivity contribution is -0.137. The van der Waals surface area contributed by atoms with Gasteiger partial charge in [0.05, 0.1) is 11.3 Å². The fraction of sp³-hybridized carbons (Fsp3) is 0.333. The number of carbonyl (C=O) groups is 1. The number of alkyl halides is 3. The van der Waals surface area contributed by atoms with E-state index in [9.17, 15) is 18.0 Å². The van der Waals surface area contributed by atoms with Crippen molar-refractivity contribution >= 4 is 5.91 Å². The molecule has 0 unspecified atom stereocenters. The second kappa shape index (κ2) is 6.21. The number of rotatable bonds is 4. The highest BCUT2D eigenvalue weighted by molar-refractivity contribution is 5.96. The summed E-state index contributed by atoms with van der Waals surface area (Å²) in [7, 11) is 0. The smallest absolute Gasteiger partial charge is 0.361 e. The van der Waals surface area contributed by atoms with Crippen molar-refractivity contribution < 1.29 is 22.5 Å². The second-order valence-corrected chi connectivity index (χ2v) is 4.90. The molecule has 118 valence electrons. The SMILES string of the molecule is Cc1noc(C)c1C(=O)NCCc1ccc(C(F)(F)F)cc1. The summed E-state index contributed by atoms with van der Waals surface area (Å²) in [5, 5.41) is 6.39. The lowest BCUT2D eigenvalue weighted by Crippen LogP contribution is -2.26. The van der Waals surface area contributed by atoms with Crippen LogP contribution in [0.4, 0.5) is 13.2 Å². The summed E-state index contributed by atoms with van der Waals surface area (Å²) >= 11 is 0. The van der Waals surface area contributed by atoms with E-state index in [1.165, 1.54) is 12.1 Å². The molecule has 2 rings (SSSR count). The van der Waals surface area contributed by atoms with Gasteiger partial charge in [-0.3, -0.25) is 4.79 Å². The van der Waals surface area contributed by atoms with Crippen LogP contribution in [0.2, 0.25) is 0 Å². The molecule has 0 saturated heterocycles. The van der Waals surface area contributed by atoms with Gasteiger partial charge < -0.3 is 9.84 Å². The zero-order valence-electron chi connectivity index (χ0n) is 12.1. The molecule has 0 fully saturated rings. The first-order valence-corrected chi connectivity index (χ1v) is 6.66. The van der Waals surface area contributed by atoms with E-state index in [2.05, 4.69) is 10.5 Å². The summed E-state index contributed by atoms with van der Waals surface area (Å²) in [6.07, 6.45) is -3.90. The largest absolute Gasteiger partial charge is 0.416 e. The van der Waals surface area contributed by atoms with Crippen LogP contribution in [-0.4, -0.2) is 17.6 Å². The van der Waals surface area contributed by atoms with Gasteiger partial charge in [0.2, 0.25) is 0 Å². The van der Waals surface area contributed by atoms with Crippen LogP contribution in [-0.2, 0) is 12.6 Å². The van der Waals surface area contributed by atoms with Gasteiger partial charge in [0, 0.05) is 6.54 Å². The van der Waals surface area contributed by atoms with Crippen LogP contribution in [0, 0.1) is 13.8 Å². The molecule has 0 aliphatic carbocycles. The Labute approximate surface area is 125 Å². The molecule has 1 heterocycles. The van der Waals surface area contributed by atoms with E-state index in [1.807, 2.05) is 0 Å². The van der Waals surface area contributed by atoms with Crippen molar-refractivity contribution in [2.24, 2.45) is 0 Å². The molecule has 1 amide bonds. The van der Waals surface area contributed by atoms with Gasteiger partial charge >= 0.3 is 6.18 Å². The van der Waals surface area contributed by atoms with Crippen molar-refractivity contribution in [2.75, 3.05) is 6.54 Å². The van der Waals surface area contributed by atoms with Gasteiger partial charge in [0.15, 0.2) is 0 Å². The van der Waals surface area contributed by atoms with E-state index >= 15 is 0 Å². The maximum Gasteiger partial charge on any atom is 0.416 e. The van der Waals surface area contributed by atoms with Gasteiger partial charge in [-0.15, -0.1) is 0 Å². The minimum absolute atomic E-state index is 0.303. The number of hydrogen-bond donors (Lipinski definition) is 1. The molecule has 1 aromatic heterocycles. The first-order chi connectivity index (χ1) is 10.3. The number of amides is 1. The van der Waals surface area contributed by atoms with Crippen LogP contribution >= 0.6 is 0 Å². The maximum absolute atomic E-state index is 12.4. The zero-order valence-corrected chi connectivity index (χ0v) is 12.1. The predicted molar refractivity (Wildman–Crippen MR) is 73.5 cm³/mol. The summed E-state index contributed by atoms with van der Waals surface area (Å²) in [5.41, 5.74) is 0.931. The van der Waals surface area contributed by atoms with Crippen LogP contribution in [0.3, 0.4) is 0 Å². The molecule has 0 aliphatic heterocycles. The van der Waals surface area contributed by atoms with Crippen LogP contribution in [0.25, 0.3) is 0 Å². The zero-order chi connectivity index (χ0) is 16.3. The highest BCUT2D eigenvalue weighted by Crippen LogP contribution is 2.29. The Bertz CT molecular complexity index is 641. The average molecular weight is 312 g/mol. The monoisotopic (exact) mass is 312 g/mol. The fourth-order valence-corrected chi connectivity index (χ4v) is 2.08. The van der Waals surface area contributed by atoms with E-state index in [0.29, 0.717) is 35.5 Å². The first kappa shape index (κ1) is 16.1. The number of aryl methyl sites for hydroxylation is 2. The summed E-state index contributed by atoms with van der Waals surface area (Å²) in [4.78, 5) is 12.0. The molecule has 0 radical (unpaired) electrons. The van der Waals surface area contributed by atoms with Crippen LogP contribution in [0.1, 0.15) is 32.9 Å². The average Bonchev–Trinajstić information content (AvgIpc) is 2.77. The number of carbonyl (C=O) groups excluding carboxylic acids is 1. The normalized spacial score (nSPS) is 11.5. The van der Waals surface area contributed by atoms with Crippen molar-refractivity contribution in [3.8, 4) is 0 Å². The van der Waals surface area contributed by atoms with E-state index in [1.54, 1.807) is 13.8 Å². The number of hydrogen-bond acceptors (Lipinski definition) is 3. The third-order valence-electron chi connectivity index (χ3n) is 3.24. The number of nitrogens with one attached hydrogen (secondary N) is 1. The molecule has 7 heteroatoms. The van der Waals surface area contributed by atoms with Gasteiger partial charge in [-0.1, -0.05) is 17.3 Å². The Morgan fingerprint density at radius 2 is 1.86 bits per heavy atom. The lowest BCUT2D eigenvalue weighted by Gasteiger charge is -2.08. The molecule has 0 atom stereocenters. The predicted octanol–water partition coefficient (Wildman–Crippen LogP) is 3.28. The third-order valence-corrected chi connectivity index (χ3v) is 3.24. The standard InChI is InChI=1S/C15H15F3N2O2/c1-9-13(10(2)22-20-9)14(21)19-8-7-11-3-5-12(6-4-11)15(16,17)18/h3-6H,7-8H2,1-2H3,(H,19,21). The summed E-state index contributed by atoms with van der Waals surface area (Å²) in [6.45, 7) is 3.63. The van der Waals surface area contributed by atoms with Gasteiger partial charge in [0.1, 0.15) is 11.3 Å². The Morgan fingerprint density at radius 3 is 2.36 bits per heavy atom. The summed E-state index contributed by atoms with van der Waals surface area (Å²) in [6, 6.07) is 4.88. The van der Waals surface area contributed by atoms with E-state index < -0.39 is 11.7 Å². The van der Waals surface area contributed by atoms with Gasteiger partial charge in [0.25, 0.3) is 5.91 Å². The molecular weight excluding hydrogens is 297 g/mol.